The Labute approximate surface area is 88.3 Å². The molecule has 0 unspecified atom stereocenters. The number of hydrogen-bond acceptors (Lipinski definition) is 1. The molecular formula is C9H3Cl2F2N. The van der Waals surface area contributed by atoms with Crippen LogP contribution in [0.15, 0.2) is 18.2 Å². The van der Waals surface area contributed by atoms with Crippen molar-refractivity contribution in [2.24, 2.45) is 0 Å². The largest absolute Gasteiger partial charge is 0.233 e. The van der Waals surface area contributed by atoms with Gasteiger partial charge in [-0.25, -0.2) is 13.8 Å². The van der Waals surface area contributed by atoms with E-state index in [0.29, 0.717) is 0 Å². The van der Waals surface area contributed by atoms with Crippen LogP contribution in [0.4, 0.5) is 8.78 Å². The van der Waals surface area contributed by atoms with Gasteiger partial charge in [-0.05, 0) is 12.1 Å². The van der Waals surface area contributed by atoms with E-state index in [1.807, 2.05) is 0 Å². The summed E-state index contributed by atoms with van der Waals surface area (Å²) >= 11 is 11.3. The second kappa shape index (κ2) is 3.33. The normalized spacial score (nSPS) is 10.9. The third kappa shape index (κ3) is 1.53. The molecule has 5 heteroatoms. The molecule has 0 radical (unpaired) electrons. The second-order valence-corrected chi connectivity index (χ2v) is 3.51. The molecule has 72 valence electrons. The number of benzene rings is 1. The zero-order valence-electron chi connectivity index (χ0n) is 6.69. The summed E-state index contributed by atoms with van der Waals surface area (Å²) in [6.07, 6.45) is 0. The Hall–Kier alpha value is -0.930. The summed E-state index contributed by atoms with van der Waals surface area (Å²) in [5, 5.41) is 0.472. The van der Waals surface area contributed by atoms with Crippen LogP contribution in [0, 0.1) is 11.6 Å². The van der Waals surface area contributed by atoms with Gasteiger partial charge in [0, 0.05) is 11.5 Å². The maximum atomic E-state index is 13.2. The minimum absolute atomic E-state index is 0.0242. The molecule has 1 nitrogen and oxygen atoms in total. The van der Waals surface area contributed by atoms with Crippen molar-refractivity contribution >= 4 is 34.1 Å². The molecule has 14 heavy (non-hydrogen) atoms. The van der Waals surface area contributed by atoms with Gasteiger partial charge in [-0.15, -0.1) is 0 Å². The average molecular weight is 234 g/mol. The molecule has 0 aliphatic rings. The molecular weight excluding hydrogens is 231 g/mol. The van der Waals surface area contributed by atoms with Crippen molar-refractivity contribution in [3.05, 3.63) is 40.0 Å². The lowest BCUT2D eigenvalue weighted by atomic mass is 10.2. The summed E-state index contributed by atoms with van der Waals surface area (Å²) < 4.78 is 26.0. The maximum Gasteiger partial charge on any atom is 0.152 e. The highest BCUT2D eigenvalue weighted by Gasteiger charge is 2.09. The molecule has 2 rings (SSSR count). The van der Waals surface area contributed by atoms with Crippen LogP contribution in [0.5, 0.6) is 0 Å². The highest BCUT2D eigenvalue weighted by atomic mass is 35.5. The smallest absolute Gasteiger partial charge is 0.152 e. The van der Waals surface area contributed by atoms with Gasteiger partial charge in [0.25, 0.3) is 0 Å². The average Bonchev–Trinajstić information content (AvgIpc) is 2.07. The Kier molecular flexibility index (Phi) is 2.29. The highest BCUT2D eigenvalue weighted by Crippen LogP contribution is 2.27. The van der Waals surface area contributed by atoms with E-state index in [4.69, 9.17) is 23.2 Å². The SMILES string of the molecule is Fc1cc(F)c2nc(Cl)cc(Cl)c2c1. The van der Waals surface area contributed by atoms with E-state index in [2.05, 4.69) is 4.98 Å². The Balaban J connectivity index is 2.94. The van der Waals surface area contributed by atoms with Crippen molar-refractivity contribution in [2.75, 3.05) is 0 Å². The minimum Gasteiger partial charge on any atom is -0.233 e. The molecule has 1 aromatic carbocycles. The zero-order valence-corrected chi connectivity index (χ0v) is 8.20. The van der Waals surface area contributed by atoms with Gasteiger partial charge in [0.05, 0.1) is 5.02 Å². The zero-order chi connectivity index (χ0) is 10.3. The summed E-state index contributed by atoms with van der Waals surface area (Å²) in [6.45, 7) is 0. The molecule has 0 bridgehead atoms. The molecule has 0 atom stereocenters. The first-order chi connectivity index (χ1) is 6.58. The number of aromatic nitrogens is 1. The van der Waals surface area contributed by atoms with E-state index in [1.54, 1.807) is 0 Å². The van der Waals surface area contributed by atoms with Crippen molar-refractivity contribution in [1.82, 2.24) is 4.98 Å². The first kappa shape index (κ1) is 9.62. The lowest BCUT2D eigenvalue weighted by Gasteiger charge is -2.02. The minimum atomic E-state index is -0.774. The van der Waals surface area contributed by atoms with Crippen molar-refractivity contribution < 1.29 is 8.78 Å². The van der Waals surface area contributed by atoms with E-state index in [9.17, 15) is 8.78 Å². The van der Waals surface area contributed by atoms with Crippen molar-refractivity contribution in [2.45, 2.75) is 0 Å². The molecule has 0 aliphatic carbocycles. The summed E-state index contributed by atoms with van der Waals surface area (Å²) in [7, 11) is 0. The fourth-order valence-electron chi connectivity index (χ4n) is 1.18. The molecule has 0 saturated carbocycles. The maximum absolute atomic E-state index is 13.2. The Morgan fingerprint density at radius 3 is 2.50 bits per heavy atom. The summed E-state index contributed by atoms with van der Waals surface area (Å²) in [5.74, 6) is -1.47. The van der Waals surface area contributed by atoms with Crippen molar-refractivity contribution in [3.63, 3.8) is 0 Å². The second-order valence-electron chi connectivity index (χ2n) is 2.71. The summed E-state index contributed by atoms with van der Waals surface area (Å²) in [4.78, 5) is 3.72. The fourth-order valence-corrected chi connectivity index (χ4v) is 1.68. The third-order valence-electron chi connectivity index (χ3n) is 1.75. The molecule has 0 aliphatic heterocycles. The van der Waals surface area contributed by atoms with Gasteiger partial charge in [-0.3, -0.25) is 0 Å². The molecule has 0 saturated heterocycles. The summed E-state index contributed by atoms with van der Waals surface area (Å²) in [5.41, 5.74) is -0.0242. The van der Waals surface area contributed by atoms with E-state index >= 15 is 0 Å². The Morgan fingerprint density at radius 1 is 1.07 bits per heavy atom. The van der Waals surface area contributed by atoms with Gasteiger partial charge >= 0.3 is 0 Å². The standard InChI is InChI=1S/C9H3Cl2F2N/c10-6-3-8(11)14-9-5(6)1-4(12)2-7(9)13/h1-3H. The van der Waals surface area contributed by atoms with Crippen LogP contribution in [0.3, 0.4) is 0 Å². The van der Waals surface area contributed by atoms with E-state index in [-0.39, 0.29) is 21.1 Å². The number of pyridine rings is 1. The van der Waals surface area contributed by atoms with Gasteiger partial charge in [0.1, 0.15) is 16.5 Å². The molecule has 0 N–H and O–H groups in total. The van der Waals surface area contributed by atoms with Crippen molar-refractivity contribution in [1.29, 1.82) is 0 Å². The number of nitrogens with zero attached hydrogens (tertiary/aromatic N) is 1. The Morgan fingerprint density at radius 2 is 1.79 bits per heavy atom. The first-order valence-electron chi connectivity index (χ1n) is 3.69. The van der Waals surface area contributed by atoms with Crippen molar-refractivity contribution in [3.8, 4) is 0 Å². The van der Waals surface area contributed by atoms with Gasteiger partial charge in [0.15, 0.2) is 5.82 Å². The van der Waals surface area contributed by atoms with Crippen LogP contribution in [0.2, 0.25) is 10.2 Å². The summed E-state index contributed by atoms with van der Waals surface area (Å²) in [6, 6.07) is 3.19. The predicted octanol–water partition coefficient (Wildman–Crippen LogP) is 3.82. The molecule has 0 amide bonds. The number of halogens is 4. The number of fused-ring (bicyclic) bond motifs is 1. The highest BCUT2D eigenvalue weighted by molar-refractivity contribution is 6.37. The van der Waals surface area contributed by atoms with E-state index in [0.717, 1.165) is 12.1 Å². The molecule has 2 aromatic rings. The van der Waals surface area contributed by atoms with Crippen LogP contribution >= 0.6 is 23.2 Å². The lowest BCUT2D eigenvalue weighted by Crippen LogP contribution is -1.88. The van der Waals surface area contributed by atoms with Gasteiger partial charge in [-0.1, -0.05) is 23.2 Å². The van der Waals surface area contributed by atoms with Crippen LogP contribution < -0.4 is 0 Å². The first-order valence-corrected chi connectivity index (χ1v) is 4.44. The van der Waals surface area contributed by atoms with Crippen LogP contribution in [0.1, 0.15) is 0 Å². The van der Waals surface area contributed by atoms with E-state index in [1.165, 1.54) is 6.07 Å². The molecule has 1 aromatic heterocycles. The molecule has 0 fully saturated rings. The van der Waals surface area contributed by atoms with Crippen LogP contribution in [0.25, 0.3) is 10.9 Å². The molecule has 1 heterocycles. The fraction of sp³-hybridized carbons (Fsp3) is 0. The van der Waals surface area contributed by atoms with Gasteiger partial charge in [0.2, 0.25) is 0 Å². The third-order valence-corrected chi connectivity index (χ3v) is 2.26. The topological polar surface area (TPSA) is 12.9 Å². The number of hydrogen-bond donors (Lipinski definition) is 0. The van der Waals surface area contributed by atoms with E-state index < -0.39 is 11.6 Å². The van der Waals surface area contributed by atoms with Gasteiger partial charge < -0.3 is 0 Å². The predicted molar refractivity (Wildman–Crippen MR) is 51.7 cm³/mol. The van der Waals surface area contributed by atoms with Crippen LogP contribution in [-0.4, -0.2) is 4.98 Å². The Bertz CT molecular complexity index is 466. The lowest BCUT2D eigenvalue weighted by molar-refractivity contribution is 0.590. The quantitative estimate of drug-likeness (QED) is 0.631. The van der Waals surface area contributed by atoms with Crippen LogP contribution in [-0.2, 0) is 0 Å². The number of rotatable bonds is 0. The molecule has 0 spiro atoms. The van der Waals surface area contributed by atoms with Gasteiger partial charge in [-0.2, -0.15) is 0 Å². The monoisotopic (exact) mass is 233 g/mol.